The number of nitrogens with zero attached hydrogens (tertiary/aromatic N) is 1. The van der Waals surface area contributed by atoms with Crippen LogP contribution in [0.25, 0.3) is 0 Å². The second-order valence-corrected chi connectivity index (χ2v) is 5.56. The van der Waals surface area contributed by atoms with Crippen molar-refractivity contribution in [1.29, 1.82) is 0 Å². The summed E-state index contributed by atoms with van der Waals surface area (Å²) in [6.07, 6.45) is 0.971. The summed E-state index contributed by atoms with van der Waals surface area (Å²) in [6.45, 7) is 6.31. The Labute approximate surface area is 124 Å². The molecule has 0 aliphatic carbocycles. The zero-order valence-corrected chi connectivity index (χ0v) is 12.7. The summed E-state index contributed by atoms with van der Waals surface area (Å²) in [5.41, 5.74) is 2.10. The molecule has 1 N–H and O–H groups in total. The number of carbonyl (C=O) groups is 2. The van der Waals surface area contributed by atoms with Crippen LogP contribution in [0, 0.1) is 19.7 Å². The van der Waals surface area contributed by atoms with Crippen molar-refractivity contribution in [2.45, 2.75) is 46.2 Å². The van der Waals surface area contributed by atoms with Crippen LogP contribution in [-0.4, -0.2) is 29.3 Å². The molecule has 1 aromatic carbocycles. The van der Waals surface area contributed by atoms with Gasteiger partial charge in [0, 0.05) is 13.1 Å². The average molecular weight is 292 g/mol. The first-order valence-electron chi connectivity index (χ1n) is 7.27. The Balaban J connectivity index is 2.01. The molecule has 0 saturated carbocycles. The van der Waals surface area contributed by atoms with Gasteiger partial charge in [0.25, 0.3) is 0 Å². The van der Waals surface area contributed by atoms with Crippen LogP contribution < -0.4 is 5.32 Å². The van der Waals surface area contributed by atoms with Crippen molar-refractivity contribution in [1.82, 2.24) is 10.2 Å². The summed E-state index contributed by atoms with van der Waals surface area (Å²) in [7, 11) is 0. The molecule has 2 amide bonds. The minimum atomic E-state index is -0.463. The van der Waals surface area contributed by atoms with E-state index >= 15 is 0 Å². The van der Waals surface area contributed by atoms with Crippen molar-refractivity contribution >= 4 is 11.8 Å². The summed E-state index contributed by atoms with van der Waals surface area (Å²) in [5, 5.41) is 3.11. The van der Waals surface area contributed by atoms with Gasteiger partial charge in [0.2, 0.25) is 11.8 Å². The van der Waals surface area contributed by atoms with E-state index in [1.165, 1.54) is 4.90 Å². The van der Waals surface area contributed by atoms with Crippen molar-refractivity contribution < 1.29 is 14.0 Å². The molecule has 4 nitrogen and oxygen atoms in total. The minimum Gasteiger partial charge on any atom is -0.301 e. The maximum absolute atomic E-state index is 13.6. The molecule has 5 heteroatoms. The molecule has 2 rings (SSSR count). The second-order valence-electron chi connectivity index (χ2n) is 5.56. The number of hydrogen-bond donors (Lipinski definition) is 1. The van der Waals surface area contributed by atoms with Crippen molar-refractivity contribution in [2.24, 2.45) is 0 Å². The Morgan fingerprint density at radius 1 is 1.29 bits per heavy atom. The molecule has 1 fully saturated rings. The number of amides is 2. The van der Waals surface area contributed by atoms with Gasteiger partial charge in [-0.3, -0.25) is 14.5 Å². The number of imide groups is 1. The number of benzene rings is 1. The van der Waals surface area contributed by atoms with Gasteiger partial charge < -0.3 is 5.32 Å². The summed E-state index contributed by atoms with van der Waals surface area (Å²) in [5.74, 6) is -0.469. The Morgan fingerprint density at radius 3 is 2.48 bits per heavy atom. The quantitative estimate of drug-likeness (QED) is 0.845. The molecule has 1 atom stereocenters. The highest BCUT2D eigenvalue weighted by molar-refractivity contribution is 6.05. The molecule has 0 bridgehead atoms. The first-order chi connectivity index (χ1) is 9.93. The molecule has 114 valence electrons. The lowest BCUT2D eigenvalue weighted by molar-refractivity contribution is -0.138. The maximum atomic E-state index is 13.6. The third kappa shape index (κ3) is 3.29. The number of rotatable bonds is 5. The molecule has 1 aromatic rings. The summed E-state index contributed by atoms with van der Waals surface area (Å²) in [4.78, 5) is 25.2. The largest absolute Gasteiger partial charge is 0.301 e. The standard InChI is InChI=1S/C16H21FN2O2/c1-4-5-19-14(20)8-13(16(19)21)18-9-12-6-10(2)15(17)11(3)7-12/h6-7,13,18H,4-5,8-9H2,1-3H3. The van der Waals surface area contributed by atoms with E-state index < -0.39 is 6.04 Å². The highest BCUT2D eigenvalue weighted by atomic mass is 19.1. The van der Waals surface area contributed by atoms with Crippen LogP contribution in [0.2, 0.25) is 0 Å². The molecule has 21 heavy (non-hydrogen) atoms. The Morgan fingerprint density at radius 2 is 1.90 bits per heavy atom. The van der Waals surface area contributed by atoms with Gasteiger partial charge in [0.05, 0.1) is 12.5 Å². The van der Waals surface area contributed by atoms with E-state index in [2.05, 4.69) is 5.32 Å². The van der Waals surface area contributed by atoms with Gasteiger partial charge in [0.1, 0.15) is 5.82 Å². The first-order valence-corrected chi connectivity index (χ1v) is 7.27. The summed E-state index contributed by atoms with van der Waals surface area (Å²) in [6, 6.07) is 3.07. The number of aryl methyl sites for hydroxylation is 2. The monoisotopic (exact) mass is 292 g/mol. The normalized spacial score (nSPS) is 18.7. The molecule has 1 aliphatic rings. The first kappa shape index (κ1) is 15.6. The maximum Gasteiger partial charge on any atom is 0.246 e. The molecule has 0 spiro atoms. The van der Waals surface area contributed by atoms with Crippen molar-refractivity contribution in [2.75, 3.05) is 6.54 Å². The number of carbonyl (C=O) groups excluding carboxylic acids is 2. The smallest absolute Gasteiger partial charge is 0.246 e. The van der Waals surface area contributed by atoms with Crippen LogP contribution in [-0.2, 0) is 16.1 Å². The van der Waals surface area contributed by atoms with Crippen LogP contribution in [0.1, 0.15) is 36.5 Å². The van der Waals surface area contributed by atoms with Crippen LogP contribution in [0.3, 0.4) is 0 Å². The fourth-order valence-corrected chi connectivity index (χ4v) is 2.68. The molecular weight excluding hydrogens is 271 g/mol. The van der Waals surface area contributed by atoms with Crippen molar-refractivity contribution in [3.05, 3.63) is 34.6 Å². The lowest BCUT2D eigenvalue weighted by Crippen LogP contribution is -2.38. The summed E-state index contributed by atoms with van der Waals surface area (Å²) >= 11 is 0. The molecule has 1 unspecified atom stereocenters. The van der Waals surface area contributed by atoms with Gasteiger partial charge in [-0.05, 0) is 37.0 Å². The van der Waals surface area contributed by atoms with Crippen molar-refractivity contribution in [3.63, 3.8) is 0 Å². The van der Waals surface area contributed by atoms with E-state index in [0.29, 0.717) is 24.2 Å². The Hall–Kier alpha value is -1.75. The van der Waals surface area contributed by atoms with Gasteiger partial charge in [-0.2, -0.15) is 0 Å². The van der Waals surface area contributed by atoms with Crippen LogP contribution in [0.5, 0.6) is 0 Å². The second kappa shape index (κ2) is 6.35. The van der Waals surface area contributed by atoms with Gasteiger partial charge in [-0.15, -0.1) is 0 Å². The molecule has 1 heterocycles. The zero-order chi connectivity index (χ0) is 15.6. The molecule has 1 saturated heterocycles. The van der Waals surface area contributed by atoms with E-state index in [9.17, 15) is 14.0 Å². The highest BCUT2D eigenvalue weighted by Gasteiger charge is 2.37. The highest BCUT2D eigenvalue weighted by Crippen LogP contribution is 2.17. The van der Waals surface area contributed by atoms with E-state index in [4.69, 9.17) is 0 Å². The van der Waals surface area contributed by atoms with Crippen LogP contribution >= 0.6 is 0 Å². The molecule has 1 aliphatic heterocycles. The predicted molar refractivity (Wildman–Crippen MR) is 78.1 cm³/mol. The molecular formula is C16H21FN2O2. The van der Waals surface area contributed by atoms with E-state index in [1.54, 1.807) is 26.0 Å². The van der Waals surface area contributed by atoms with E-state index in [0.717, 1.165) is 12.0 Å². The Kier molecular flexibility index (Phi) is 4.73. The number of halogens is 1. The third-order valence-corrected chi connectivity index (χ3v) is 3.74. The minimum absolute atomic E-state index is 0.120. The fourth-order valence-electron chi connectivity index (χ4n) is 2.68. The average Bonchev–Trinajstić information content (AvgIpc) is 2.70. The van der Waals surface area contributed by atoms with E-state index in [1.807, 2.05) is 6.92 Å². The topological polar surface area (TPSA) is 49.4 Å². The summed E-state index contributed by atoms with van der Waals surface area (Å²) < 4.78 is 13.6. The fraction of sp³-hybridized carbons (Fsp3) is 0.500. The molecule has 0 aromatic heterocycles. The third-order valence-electron chi connectivity index (χ3n) is 3.74. The number of nitrogens with one attached hydrogen (secondary N) is 1. The van der Waals surface area contributed by atoms with Crippen LogP contribution in [0.15, 0.2) is 12.1 Å². The zero-order valence-electron chi connectivity index (χ0n) is 12.7. The van der Waals surface area contributed by atoms with Gasteiger partial charge in [-0.1, -0.05) is 19.1 Å². The van der Waals surface area contributed by atoms with Gasteiger partial charge >= 0.3 is 0 Å². The van der Waals surface area contributed by atoms with Gasteiger partial charge in [0.15, 0.2) is 0 Å². The van der Waals surface area contributed by atoms with Crippen LogP contribution in [0.4, 0.5) is 4.39 Å². The SMILES string of the molecule is CCCN1C(=O)CC(NCc2cc(C)c(F)c(C)c2)C1=O. The number of hydrogen-bond acceptors (Lipinski definition) is 3. The van der Waals surface area contributed by atoms with Crippen molar-refractivity contribution in [3.8, 4) is 0 Å². The number of likely N-dealkylation sites (tertiary alicyclic amines) is 1. The van der Waals surface area contributed by atoms with E-state index in [-0.39, 0.29) is 24.1 Å². The Bertz CT molecular complexity index is 548. The van der Waals surface area contributed by atoms with Gasteiger partial charge in [-0.25, -0.2) is 4.39 Å². The lowest BCUT2D eigenvalue weighted by Gasteiger charge is -2.15. The lowest BCUT2D eigenvalue weighted by atomic mass is 10.1. The molecule has 0 radical (unpaired) electrons. The predicted octanol–water partition coefficient (Wildman–Crippen LogP) is 2.07.